The molecular weight excluding hydrogens is 336 g/mol. The molecule has 5 nitrogen and oxygen atoms in total. The highest BCUT2D eigenvalue weighted by molar-refractivity contribution is 7.20. The Morgan fingerprint density at radius 1 is 1.12 bits per heavy atom. The largest absolute Gasteiger partial charge is 0.478 e. The smallest absolute Gasteiger partial charge is 0.337 e. The lowest BCUT2D eigenvalue weighted by atomic mass is 10.0. The number of nitrogens with one attached hydrogen (secondary N) is 1. The van der Waals surface area contributed by atoms with Crippen LogP contribution in [-0.2, 0) is 11.2 Å². The van der Waals surface area contributed by atoms with E-state index in [4.69, 9.17) is 11.7 Å². The van der Waals surface area contributed by atoms with Crippen molar-refractivity contribution in [1.82, 2.24) is 0 Å². The van der Waals surface area contributed by atoms with Crippen LogP contribution in [0.2, 0.25) is 0 Å². The highest BCUT2D eigenvalue weighted by atomic mass is 32.1. The second kappa shape index (κ2) is 7.16. The fourth-order valence-electron chi connectivity index (χ4n) is 2.53. The van der Waals surface area contributed by atoms with Crippen molar-refractivity contribution in [3.8, 4) is 0 Å². The van der Waals surface area contributed by atoms with Crippen molar-refractivity contribution in [3.63, 3.8) is 0 Å². The van der Waals surface area contributed by atoms with Crippen LogP contribution in [0.15, 0.2) is 48.5 Å². The lowest BCUT2D eigenvalue weighted by Gasteiger charge is -2.06. The molecule has 0 aliphatic heterocycles. The molecule has 6 heteroatoms. The Labute approximate surface area is 148 Å². The predicted molar refractivity (Wildman–Crippen MR) is 98.4 cm³/mol. The molecule has 0 spiro atoms. The third-order valence-electron chi connectivity index (χ3n) is 3.77. The van der Waals surface area contributed by atoms with Crippen LogP contribution in [0.3, 0.4) is 0 Å². The highest BCUT2D eigenvalue weighted by Gasteiger charge is 2.17. The van der Waals surface area contributed by atoms with Crippen LogP contribution in [0, 0.1) is 6.57 Å². The first-order valence-corrected chi connectivity index (χ1v) is 8.40. The van der Waals surface area contributed by atoms with E-state index in [2.05, 4.69) is 10.2 Å². The number of hydrogen-bond donors (Lipinski definition) is 2. The third kappa shape index (κ3) is 3.84. The molecule has 0 fully saturated rings. The molecule has 2 aromatic carbocycles. The van der Waals surface area contributed by atoms with E-state index < -0.39 is 5.97 Å². The van der Waals surface area contributed by atoms with Crippen molar-refractivity contribution in [3.05, 3.63) is 71.1 Å². The quantitative estimate of drug-likeness (QED) is 0.654. The van der Waals surface area contributed by atoms with Crippen LogP contribution in [0.4, 0.5) is 10.0 Å². The second-order valence-electron chi connectivity index (χ2n) is 5.47. The molecule has 3 rings (SSSR count). The maximum atomic E-state index is 12.1. The summed E-state index contributed by atoms with van der Waals surface area (Å²) in [5, 5.41) is 14.5. The SMILES string of the molecule is [C-]#[N+]c1cc(C(=O)O)c(NC(=O)CCc2ccc3ccccc3c2)s1. The zero-order valence-electron chi connectivity index (χ0n) is 13.2. The zero-order chi connectivity index (χ0) is 17.8. The van der Waals surface area contributed by atoms with Gasteiger partial charge in [0.05, 0.1) is 17.1 Å². The zero-order valence-corrected chi connectivity index (χ0v) is 14.0. The summed E-state index contributed by atoms with van der Waals surface area (Å²) in [6.07, 6.45) is 0.794. The van der Waals surface area contributed by atoms with E-state index in [-0.39, 0.29) is 27.9 Å². The minimum Gasteiger partial charge on any atom is -0.478 e. The van der Waals surface area contributed by atoms with Gasteiger partial charge in [-0.15, -0.1) is 11.3 Å². The molecule has 3 aromatic rings. The van der Waals surface area contributed by atoms with Gasteiger partial charge in [0, 0.05) is 6.42 Å². The summed E-state index contributed by atoms with van der Waals surface area (Å²) in [5.74, 6) is -1.43. The molecule has 1 heterocycles. The molecular formula is C19H14N2O3S. The van der Waals surface area contributed by atoms with Crippen molar-refractivity contribution in [2.24, 2.45) is 0 Å². The Hall–Kier alpha value is -3.17. The maximum Gasteiger partial charge on any atom is 0.337 e. The van der Waals surface area contributed by atoms with E-state index in [0.717, 1.165) is 27.7 Å². The van der Waals surface area contributed by atoms with Gasteiger partial charge in [0.2, 0.25) is 10.9 Å². The van der Waals surface area contributed by atoms with Gasteiger partial charge in [-0.2, -0.15) is 0 Å². The van der Waals surface area contributed by atoms with Gasteiger partial charge in [-0.1, -0.05) is 42.5 Å². The Bertz CT molecular complexity index is 1000. The molecule has 0 aliphatic carbocycles. The van der Waals surface area contributed by atoms with Gasteiger partial charge in [-0.25, -0.2) is 9.64 Å². The number of thiophene rings is 1. The minimum absolute atomic E-state index is 0.0462. The summed E-state index contributed by atoms with van der Waals surface area (Å²) in [7, 11) is 0. The molecule has 1 amide bonds. The van der Waals surface area contributed by atoms with Crippen molar-refractivity contribution in [2.45, 2.75) is 12.8 Å². The summed E-state index contributed by atoms with van der Waals surface area (Å²) in [6.45, 7) is 6.97. The summed E-state index contributed by atoms with van der Waals surface area (Å²) in [4.78, 5) is 26.6. The molecule has 0 saturated heterocycles. The van der Waals surface area contributed by atoms with E-state index in [1.807, 2.05) is 42.5 Å². The number of benzene rings is 2. The number of carbonyl (C=O) groups excluding carboxylic acids is 1. The van der Waals surface area contributed by atoms with Crippen molar-refractivity contribution in [2.75, 3.05) is 5.32 Å². The number of carbonyl (C=O) groups is 2. The normalized spacial score (nSPS) is 10.4. The Morgan fingerprint density at radius 3 is 2.60 bits per heavy atom. The van der Waals surface area contributed by atoms with Gasteiger partial charge in [0.25, 0.3) is 0 Å². The molecule has 124 valence electrons. The fourth-order valence-corrected chi connectivity index (χ4v) is 3.38. The van der Waals surface area contributed by atoms with Crippen LogP contribution in [0.1, 0.15) is 22.3 Å². The van der Waals surface area contributed by atoms with E-state index in [1.165, 1.54) is 6.07 Å². The Kier molecular flexibility index (Phi) is 4.78. The fraction of sp³-hybridized carbons (Fsp3) is 0.105. The standard InChI is InChI=1S/C19H14N2O3S/c1-20-17-11-15(19(23)24)18(25-17)21-16(22)9-7-12-6-8-13-4-2-3-5-14(13)10-12/h2-6,8,10-11H,7,9H2,(H,21,22)(H,23,24). The van der Waals surface area contributed by atoms with Crippen molar-refractivity contribution in [1.29, 1.82) is 0 Å². The third-order valence-corrected chi connectivity index (χ3v) is 4.71. The molecule has 0 bridgehead atoms. The number of amides is 1. The summed E-state index contributed by atoms with van der Waals surface area (Å²) in [5.41, 5.74) is 0.996. The van der Waals surface area contributed by atoms with E-state index >= 15 is 0 Å². The van der Waals surface area contributed by atoms with Gasteiger partial charge >= 0.3 is 5.97 Å². The first kappa shape index (κ1) is 16.7. The number of aryl methyl sites for hydroxylation is 1. The first-order valence-electron chi connectivity index (χ1n) is 7.59. The first-order chi connectivity index (χ1) is 12.1. The highest BCUT2D eigenvalue weighted by Crippen LogP contribution is 2.34. The van der Waals surface area contributed by atoms with E-state index in [0.29, 0.717) is 6.42 Å². The van der Waals surface area contributed by atoms with Crippen LogP contribution in [0.25, 0.3) is 15.6 Å². The average Bonchev–Trinajstić information content (AvgIpc) is 3.03. The molecule has 2 N–H and O–H groups in total. The topological polar surface area (TPSA) is 70.8 Å². The molecule has 1 aromatic heterocycles. The van der Waals surface area contributed by atoms with Crippen LogP contribution < -0.4 is 5.32 Å². The predicted octanol–water partition coefficient (Wildman–Crippen LogP) is 4.72. The number of aromatic carboxylic acids is 1. The summed E-state index contributed by atoms with van der Waals surface area (Å²) in [6, 6.07) is 15.3. The van der Waals surface area contributed by atoms with Crippen LogP contribution >= 0.6 is 11.3 Å². The summed E-state index contributed by atoms with van der Waals surface area (Å²) >= 11 is 0.973. The second-order valence-corrected chi connectivity index (χ2v) is 6.50. The van der Waals surface area contributed by atoms with Gasteiger partial charge < -0.3 is 10.4 Å². The van der Waals surface area contributed by atoms with Gasteiger partial charge in [-0.3, -0.25) is 4.79 Å². The van der Waals surface area contributed by atoms with Crippen LogP contribution in [0.5, 0.6) is 0 Å². The van der Waals surface area contributed by atoms with Crippen molar-refractivity contribution >= 4 is 44.0 Å². The number of nitrogens with zero attached hydrogens (tertiary/aromatic N) is 1. The number of carboxylic acid groups (broad SMARTS) is 1. The number of hydrogen-bond acceptors (Lipinski definition) is 3. The van der Waals surface area contributed by atoms with Gasteiger partial charge in [-0.05, 0) is 28.8 Å². The molecule has 0 radical (unpaired) electrons. The van der Waals surface area contributed by atoms with E-state index in [9.17, 15) is 9.59 Å². The van der Waals surface area contributed by atoms with E-state index in [1.54, 1.807) is 0 Å². The van der Waals surface area contributed by atoms with Gasteiger partial charge in [0.1, 0.15) is 0 Å². The van der Waals surface area contributed by atoms with Gasteiger partial charge in [0.15, 0.2) is 0 Å². The Balaban J connectivity index is 1.67. The maximum absolute atomic E-state index is 12.1. The monoisotopic (exact) mass is 350 g/mol. The number of anilines is 1. The number of fused-ring (bicyclic) bond motifs is 1. The molecule has 0 aliphatic rings. The minimum atomic E-state index is -1.16. The molecule has 0 atom stereocenters. The van der Waals surface area contributed by atoms with Crippen molar-refractivity contribution < 1.29 is 14.7 Å². The molecule has 0 saturated carbocycles. The molecule has 0 unspecified atom stereocenters. The average molecular weight is 350 g/mol. The Morgan fingerprint density at radius 2 is 1.88 bits per heavy atom. The summed E-state index contributed by atoms with van der Waals surface area (Å²) < 4.78 is 0. The number of rotatable bonds is 5. The lowest BCUT2D eigenvalue weighted by molar-refractivity contribution is -0.116. The van der Waals surface area contributed by atoms with Crippen LogP contribution in [-0.4, -0.2) is 17.0 Å². The number of carboxylic acids is 1. The lowest BCUT2D eigenvalue weighted by Crippen LogP contribution is -2.13. The molecule has 25 heavy (non-hydrogen) atoms.